The van der Waals surface area contributed by atoms with Gasteiger partial charge in [0.2, 0.25) is 0 Å². The number of likely N-dealkylation sites (N-methyl/N-ethyl adjacent to an activating group) is 1. The number of carboxylic acids is 1. The molecule has 2 N–H and O–H groups in total. The van der Waals surface area contributed by atoms with Gasteiger partial charge in [0.05, 0.1) is 27.2 Å². The second-order valence-corrected chi connectivity index (χ2v) is 8.62. The average molecular weight is 374 g/mol. The van der Waals surface area contributed by atoms with Gasteiger partial charge in [0.1, 0.15) is 12.1 Å². The van der Waals surface area contributed by atoms with E-state index in [9.17, 15) is 20.1 Å². The monoisotopic (exact) mass is 373 g/mol. The summed E-state index contributed by atoms with van der Waals surface area (Å²) < 4.78 is 0.0268. The highest BCUT2D eigenvalue weighted by Crippen LogP contribution is 2.17. The number of rotatable bonds is 17. The van der Waals surface area contributed by atoms with Crippen molar-refractivity contribution in [2.24, 2.45) is 0 Å². The lowest BCUT2D eigenvalue weighted by molar-refractivity contribution is -0.893. The number of carbonyl (C=O) groups excluding carboxylic acids is 1. The van der Waals surface area contributed by atoms with Gasteiger partial charge in [0, 0.05) is 0 Å². The van der Waals surface area contributed by atoms with Crippen LogP contribution in [0.25, 0.3) is 0 Å². The molecule has 0 saturated carbocycles. The van der Waals surface area contributed by atoms with E-state index in [0.717, 1.165) is 19.3 Å². The minimum atomic E-state index is -1.32. The molecule has 26 heavy (non-hydrogen) atoms. The third-order valence-corrected chi connectivity index (χ3v) is 5.15. The van der Waals surface area contributed by atoms with Crippen LogP contribution in [-0.2, 0) is 4.79 Å². The number of aliphatic hydroxyl groups is 2. The standard InChI is InChI=1S/C21H43NO4/c1-5-6-7-8-9-10-11-12-13-14-15-16-17-18(23)20(24)19(21(25)26)22(2,3)4/h18-20,23-24H,5-17H2,1-4H3/t18-,19-,20-/m1/s1. The number of nitrogens with zero attached hydrogens (tertiary/aromatic N) is 1. The fourth-order valence-electron chi connectivity index (χ4n) is 3.49. The van der Waals surface area contributed by atoms with Gasteiger partial charge < -0.3 is 24.6 Å². The van der Waals surface area contributed by atoms with Gasteiger partial charge in [-0.3, -0.25) is 0 Å². The minimum Gasteiger partial charge on any atom is -0.544 e. The number of unbranched alkanes of at least 4 members (excludes halogenated alkanes) is 11. The Labute approximate surface area is 161 Å². The summed E-state index contributed by atoms with van der Waals surface area (Å²) in [7, 11) is 5.04. The number of carboxylic acid groups (broad SMARTS) is 1. The molecule has 0 rings (SSSR count). The summed E-state index contributed by atoms with van der Waals surface area (Å²) in [6.45, 7) is 2.24. The fraction of sp³-hybridized carbons (Fsp3) is 0.952. The molecule has 0 unspecified atom stereocenters. The second-order valence-electron chi connectivity index (χ2n) is 8.62. The molecule has 0 bridgehead atoms. The minimum absolute atomic E-state index is 0.0268. The average Bonchev–Trinajstić information content (AvgIpc) is 2.53. The zero-order valence-corrected chi connectivity index (χ0v) is 17.6. The summed E-state index contributed by atoms with van der Waals surface area (Å²) in [5.74, 6) is -1.32. The Kier molecular flexibility index (Phi) is 14.1. The Hall–Kier alpha value is -0.650. The van der Waals surface area contributed by atoms with E-state index in [-0.39, 0.29) is 4.48 Å². The number of quaternary nitrogens is 1. The SMILES string of the molecule is CCCCCCCCCCCCCC[C@@H](O)[C@@H](O)[C@H](C(=O)[O-])[N+](C)(C)C. The van der Waals surface area contributed by atoms with E-state index >= 15 is 0 Å². The predicted molar refractivity (Wildman–Crippen MR) is 105 cm³/mol. The molecule has 0 aromatic rings. The Morgan fingerprint density at radius 2 is 1.19 bits per heavy atom. The number of carbonyl (C=O) groups is 1. The molecule has 0 heterocycles. The summed E-state index contributed by atoms with van der Waals surface area (Å²) >= 11 is 0. The Bertz CT molecular complexity index is 354. The molecule has 0 spiro atoms. The maximum atomic E-state index is 11.3. The first-order chi connectivity index (χ1) is 12.2. The zero-order chi connectivity index (χ0) is 20.0. The van der Waals surface area contributed by atoms with Gasteiger partial charge >= 0.3 is 0 Å². The van der Waals surface area contributed by atoms with Crippen molar-refractivity contribution < 1.29 is 24.6 Å². The number of hydrogen-bond donors (Lipinski definition) is 2. The summed E-state index contributed by atoms with van der Waals surface area (Å²) in [6, 6.07) is -1.12. The van der Waals surface area contributed by atoms with Crippen molar-refractivity contribution in [2.75, 3.05) is 21.1 Å². The van der Waals surface area contributed by atoms with Gasteiger partial charge in [-0.1, -0.05) is 84.0 Å². The first kappa shape index (κ1) is 25.4. The molecule has 0 aromatic heterocycles. The van der Waals surface area contributed by atoms with Gasteiger partial charge in [-0.25, -0.2) is 0 Å². The number of hydrogen-bond acceptors (Lipinski definition) is 4. The van der Waals surface area contributed by atoms with Gasteiger partial charge in [-0.05, 0) is 6.42 Å². The molecule has 156 valence electrons. The Balaban J connectivity index is 3.73. The third kappa shape index (κ3) is 11.9. The van der Waals surface area contributed by atoms with Gasteiger partial charge in [-0.15, -0.1) is 0 Å². The van der Waals surface area contributed by atoms with Gasteiger partial charge in [0.25, 0.3) is 0 Å². The van der Waals surface area contributed by atoms with Crippen LogP contribution in [-0.4, -0.2) is 60.1 Å². The Morgan fingerprint density at radius 3 is 1.54 bits per heavy atom. The maximum Gasteiger partial charge on any atom is 0.157 e. The number of aliphatic hydroxyl groups excluding tert-OH is 2. The third-order valence-electron chi connectivity index (χ3n) is 5.15. The van der Waals surface area contributed by atoms with Crippen molar-refractivity contribution in [3.05, 3.63) is 0 Å². The summed E-state index contributed by atoms with van der Waals surface area (Å²) in [5.41, 5.74) is 0. The van der Waals surface area contributed by atoms with Crippen molar-refractivity contribution >= 4 is 5.97 Å². The predicted octanol–water partition coefficient (Wildman–Crippen LogP) is 2.62. The van der Waals surface area contributed by atoms with Crippen LogP contribution >= 0.6 is 0 Å². The van der Waals surface area contributed by atoms with Crippen LogP contribution in [0.2, 0.25) is 0 Å². The van der Waals surface area contributed by atoms with Crippen molar-refractivity contribution in [1.82, 2.24) is 0 Å². The molecule has 0 radical (unpaired) electrons. The molecule has 0 aliphatic heterocycles. The smallest absolute Gasteiger partial charge is 0.157 e. The maximum absolute atomic E-state index is 11.3. The van der Waals surface area contributed by atoms with Crippen LogP contribution in [0.5, 0.6) is 0 Å². The summed E-state index contributed by atoms with van der Waals surface area (Å²) in [4.78, 5) is 11.3. The van der Waals surface area contributed by atoms with Gasteiger partial charge in [0.15, 0.2) is 6.04 Å². The highest BCUT2D eigenvalue weighted by molar-refractivity contribution is 5.70. The molecule has 0 aliphatic carbocycles. The van der Waals surface area contributed by atoms with E-state index in [0.29, 0.717) is 6.42 Å². The lowest BCUT2D eigenvalue weighted by Crippen LogP contribution is -2.62. The van der Waals surface area contributed by atoms with E-state index in [4.69, 9.17) is 0 Å². The lowest BCUT2D eigenvalue weighted by atomic mass is 9.97. The first-order valence-corrected chi connectivity index (χ1v) is 10.6. The topological polar surface area (TPSA) is 80.6 Å². The molecule has 0 amide bonds. The molecule has 5 nitrogen and oxygen atoms in total. The highest BCUT2D eigenvalue weighted by Gasteiger charge is 2.36. The fourth-order valence-corrected chi connectivity index (χ4v) is 3.49. The summed E-state index contributed by atoms with van der Waals surface area (Å²) in [6.07, 6.45) is 13.0. The van der Waals surface area contributed by atoms with Crippen LogP contribution in [0.1, 0.15) is 90.4 Å². The second kappa shape index (κ2) is 14.4. The molecule has 0 aromatic carbocycles. The highest BCUT2D eigenvalue weighted by atomic mass is 16.4. The van der Waals surface area contributed by atoms with E-state index in [1.807, 2.05) is 0 Å². The molecule has 0 saturated heterocycles. The zero-order valence-electron chi connectivity index (χ0n) is 17.6. The molecular formula is C21H43NO4. The normalized spacial score (nSPS) is 15.6. The number of aliphatic carboxylic acids is 1. The van der Waals surface area contributed by atoms with Crippen molar-refractivity contribution in [3.63, 3.8) is 0 Å². The largest absolute Gasteiger partial charge is 0.544 e. The van der Waals surface area contributed by atoms with E-state index in [2.05, 4.69) is 6.92 Å². The molecule has 3 atom stereocenters. The quantitative estimate of drug-likeness (QED) is 0.303. The van der Waals surface area contributed by atoms with Crippen molar-refractivity contribution in [1.29, 1.82) is 0 Å². The molecule has 0 fully saturated rings. The summed E-state index contributed by atoms with van der Waals surface area (Å²) in [5, 5.41) is 31.6. The van der Waals surface area contributed by atoms with Crippen LogP contribution in [0.3, 0.4) is 0 Å². The van der Waals surface area contributed by atoms with Crippen LogP contribution in [0, 0.1) is 0 Å². The first-order valence-electron chi connectivity index (χ1n) is 10.6. The van der Waals surface area contributed by atoms with E-state index in [1.54, 1.807) is 21.1 Å². The van der Waals surface area contributed by atoms with Crippen molar-refractivity contribution in [2.45, 2.75) is 109 Å². The Morgan fingerprint density at radius 1 is 0.808 bits per heavy atom. The van der Waals surface area contributed by atoms with E-state index in [1.165, 1.54) is 57.8 Å². The molecule has 5 heteroatoms. The van der Waals surface area contributed by atoms with Crippen molar-refractivity contribution in [3.8, 4) is 0 Å². The lowest BCUT2D eigenvalue weighted by Gasteiger charge is -2.38. The van der Waals surface area contributed by atoms with Gasteiger partial charge in [-0.2, -0.15) is 0 Å². The van der Waals surface area contributed by atoms with E-state index < -0.39 is 24.2 Å². The van der Waals surface area contributed by atoms with Crippen LogP contribution in [0.4, 0.5) is 0 Å². The van der Waals surface area contributed by atoms with Crippen LogP contribution in [0.15, 0.2) is 0 Å². The molecule has 0 aliphatic rings. The van der Waals surface area contributed by atoms with Crippen LogP contribution < -0.4 is 5.11 Å². The molecular weight excluding hydrogens is 330 g/mol.